The summed E-state index contributed by atoms with van der Waals surface area (Å²) < 4.78 is 1.54. The number of benzene rings is 1. The third-order valence-corrected chi connectivity index (χ3v) is 14.7. The Hall–Kier alpha value is -8.92. The lowest BCUT2D eigenvalue weighted by Gasteiger charge is -2.33. The number of aromatic nitrogens is 3. The molecule has 4 aliphatic rings. The molecule has 0 aliphatic carbocycles. The van der Waals surface area contributed by atoms with E-state index >= 15 is 4.79 Å². The molecule has 29 heteroatoms. The summed E-state index contributed by atoms with van der Waals surface area (Å²) in [6.45, 7) is 9.80. The molecule has 1 fully saturated rings. The van der Waals surface area contributed by atoms with Crippen molar-refractivity contribution in [1.29, 1.82) is 0 Å². The van der Waals surface area contributed by atoms with Crippen molar-refractivity contribution < 1.29 is 57.8 Å². The van der Waals surface area contributed by atoms with Crippen LogP contribution >= 0.6 is 0 Å². The number of carboxylic acid groups (broad SMARTS) is 1. The van der Waals surface area contributed by atoms with E-state index in [1.165, 1.54) is 17.1 Å². The van der Waals surface area contributed by atoms with E-state index in [0.717, 1.165) is 0 Å². The van der Waals surface area contributed by atoms with Crippen molar-refractivity contribution in [2.75, 3.05) is 19.6 Å². The number of aromatic amines is 1. The third kappa shape index (κ3) is 16.6. The molecule has 1 aromatic carbocycles. The van der Waals surface area contributed by atoms with Gasteiger partial charge in [0.25, 0.3) is 5.91 Å². The van der Waals surface area contributed by atoms with Gasteiger partial charge in [-0.15, -0.1) is 0 Å². The second kappa shape index (κ2) is 28.2. The largest absolute Gasteiger partial charge is 0.480 e. The standard InChI is InChI=1S/C54H77N17O12/c1-24(2)17-36-48(78)69-41(26(5)6)49(79)67-35-20-31-29-12-11-27(40(25(3)4)42(50(80)68-36)70-51(81)44(75)32-13-14-38(72)63-32)18-34(29)65-45(31)71-22-28(62-23-71)19-37(47(77)66-33(52(82)83)10-8-16-60-54(57)58)64-39(73)21-61-46(76)30(43(35)74)9-7-15-59-53(55)56/h11-12,18,22-26,30,32-33,35-37,40-42,65H,7-10,13-17,19-21H2,1-6H3,(H,61,76)(H,63,72)(H,64,73)(H,66,77)(H,67,79)(H,68,80)(H,69,78)(H,70,81)(H,82,83)(H4,55,56,59)(H4,57,58,60)/t30-,32-,33?,35?,36-,37-,40+,41-,42-/m0/s1. The zero-order valence-corrected chi connectivity index (χ0v) is 47.3. The number of nitrogens with two attached hydrogens (primary N) is 4. The molecule has 18 N–H and O–H groups in total. The van der Waals surface area contributed by atoms with Crippen LogP contribution in [0.15, 0.2) is 40.7 Å². The van der Waals surface area contributed by atoms with Crippen molar-refractivity contribution in [1.82, 2.24) is 57.1 Å². The molecule has 8 amide bonds. The number of ketones is 2. The van der Waals surface area contributed by atoms with Crippen LogP contribution in [0, 0.1) is 23.7 Å². The average molecular weight is 1160 g/mol. The first kappa shape index (κ1) is 63.3. The lowest BCUT2D eigenvalue weighted by Crippen LogP contribution is -2.61. The minimum atomic E-state index is -1.59. The van der Waals surface area contributed by atoms with Crippen molar-refractivity contribution in [3.63, 3.8) is 0 Å². The normalized spacial score (nSPS) is 23.2. The quantitative estimate of drug-likeness (QED) is 0.0152. The summed E-state index contributed by atoms with van der Waals surface area (Å²) in [4.78, 5) is 170. The molecule has 7 rings (SSSR count). The highest BCUT2D eigenvalue weighted by atomic mass is 16.4. The molecule has 0 spiro atoms. The van der Waals surface area contributed by atoms with Crippen LogP contribution in [0.3, 0.4) is 0 Å². The zero-order valence-electron chi connectivity index (χ0n) is 47.3. The summed E-state index contributed by atoms with van der Waals surface area (Å²) in [7, 11) is 0. The van der Waals surface area contributed by atoms with Gasteiger partial charge in [0.2, 0.25) is 47.1 Å². The second-order valence-electron chi connectivity index (χ2n) is 22.3. The van der Waals surface area contributed by atoms with Gasteiger partial charge in [-0.3, -0.25) is 62.5 Å². The molecule has 0 radical (unpaired) electrons. The number of fused-ring (bicyclic) bond motifs is 13. The number of carboxylic acids is 1. The van der Waals surface area contributed by atoms with Crippen molar-refractivity contribution in [3.05, 3.63) is 47.5 Å². The Morgan fingerprint density at radius 3 is 2.11 bits per heavy atom. The number of nitrogens with zero attached hydrogens (tertiary/aromatic N) is 4. The molecule has 83 heavy (non-hydrogen) atoms. The lowest BCUT2D eigenvalue weighted by molar-refractivity contribution is -0.142. The molecule has 6 heterocycles. The summed E-state index contributed by atoms with van der Waals surface area (Å²) in [5.74, 6) is -14.0. The van der Waals surface area contributed by atoms with Gasteiger partial charge in [0.1, 0.15) is 42.4 Å². The Kier molecular flexibility index (Phi) is 21.5. The molecular formula is C54H77N17O12. The molecule has 1 saturated heterocycles. The summed E-state index contributed by atoms with van der Waals surface area (Å²) in [5, 5.41) is 31.6. The maximum atomic E-state index is 15.4. The van der Waals surface area contributed by atoms with E-state index < -0.39 is 137 Å². The van der Waals surface area contributed by atoms with E-state index in [-0.39, 0.29) is 100 Å². The first-order valence-corrected chi connectivity index (χ1v) is 27.7. The maximum Gasteiger partial charge on any atom is 0.326 e. The van der Waals surface area contributed by atoms with E-state index in [4.69, 9.17) is 22.9 Å². The Bertz CT molecular complexity index is 3030. The maximum absolute atomic E-state index is 15.4. The average Bonchev–Trinajstić information content (AvgIpc) is 2.73. The van der Waals surface area contributed by atoms with Crippen molar-refractivity contribution >= 4 is 87.6 Å². The number of Topliss-reactive ketones (excluding diaryl/α,β-unsaturated/α-hetero) is 2. The zero-order chi connectivity index (χ0) is 61.0. The second-order valence-corrected chi connectivity index (χ2v) is 22.3. The molecule has 7 bridgehead atoms. The number of carbonyl (C=O) groups is 11. The first-order valence-electron chi connectivity index (χ1n) is 27.7. The highest BCUT2D eigenvalue weighted by molar-refractivity contribution is 6.39. The predicted octanol–water partition coefficient (Wildman–Crippen LogP) is -2.84. The van der Waals surface area contributed by atoms with E-state index in [1.54, 1.807) is 45.9 Å². The number of H-pyrrole nitrogens is 1. The number of hydrogen-bond acceptors (Lipinski definition) is 14. The van der Waals surface area contributed by atoms with Gasteiger partial charge in [-0.2, -0.15) is 0 Å². The number of guanidine groups is 2. The predicted molar refractivity (Wildman–Crippen MR) is 301 cm³/mol. The molecule has 29 nitrogen and oxygen atoms in total. The lowest BCUT2D eigenvalue weighted by atomic mass is 9.81. The van der Waals surface area contributed by atoms with Gasteiger partial charge in [-0.1, -0.05) is 53.7 Å². The number of amides is 8. The van der Waals surface area contributed by atoms with Crippen molar-refractivity contribution in [2.24, 2.45) is 56.6 Å². The number of hydrogen-bond donors (Lipinski definition) is 14. The molecule has 2 unspecified atom stereocenters. The van der Waals surface area contributed by atoms with E-state index in [0.29, 0.717) is 22.0 Å². The van der Waals surface area contributed by atoms with Crippen LogP contribution in [0.2, 0.25) is 0 Å². The van der Waals surface area contributed by atoms with Gasteiger partial charge in [0.05, 0.1) is 30.2 Å². The van der Waals surface area contributed by atoms with Gasteiger partial charge in [0.15, 0.2) is 17.7 Å². The Morgan fingerprint density at radius 2 is 1.48 bits per heavy atom. The van der Waals surface area contributed by atoms with Gasteiger partial charge in [0, 0.05) is 60.9 Å². The highest BCUT2D eigenvalue weighted by Crippen LogP contribution is 2.35. The SMILES string of the molecule is CC(C)C[C@@H]1NC(=O)[C@@H](NC(=O)C(=O)[C@@H]2CCC(=O)N2)[C@H](C(C)C)c2ccc3c4c([nH]c3c2)-n2cnc(c2)C[C@@H](C(=O)NC(CCCN=C(N)N)C(=O)O)NC(=O)CNC(=O)[C@@H](CCCN=C(N)N)C(=O)C(C4)NC(=O)[C@H](C(C)C)NC1=O. The topological polar surface area (TPSA) is 467 Å². The minimum absolute atomic E-state index is 0.0188. The Labute approximate surface area is 478 Å². The smallest absolute Gasteiger partial charge is 0.326 e. The Balaban J connectivity index is 1.57. The number of carbonyl (C=O) groups excluding carboxylic acids is 10. The first-order chi connectivity index (χ1) is 39.2. The Morgan fingerprint density at radius 1 is 0.795 bits per heavy atom. The van der Waals surface area contributed by atoms with Crippen molar-refractivity contribution in [3.8, 4) is 5.82 Å². The van der Waals surface area contributed by atoms with Crippen LogP contribution in [0.25, 0.3) is 16.7 Å². The molecule has 4 aliphatic heterocycles. The number of aliphatic carboxylic acids is 1. The number of imidazole rings is 1. The fraction of sp³-hybridized carbons (Fsp3) is 0.556. The third-order valence-electron chi connectivity index (χ3n) is 14.7. The van der Waals surface area contributed by atoms with Gasteiger partial charge in [-0.05, 0) is 67.9 Å². The number of nitrogens with one attached hydrogen (secondary N) is 9. The number of rotatable bonds is 18. The van der Waals surface area contributed by atoms with Gasteiger partial charge in [-0.25, -0.2) is 9.78 Å². The monoisotopic (exact) mass is 1160 g/mol. The van der Waals surface area contributed by atoms with E-state index in [1.807, 2.05) is 13.8 Å². The molecule has 2 aromatic heterocycles. The van der Waals surface area contributed by atoms with Gasteiger partial charge >= 0.3 is 5.97 Å². The van der Waals surface area contributed by atoms with E-state index in [9.17, 15) is 53.1 Å². The number of aliphatic imine (C=N–C) groups is 2. The highest BCUT2D eigenvalue weighted by Gasteiger charge is 2.42. The van der Waals surface area contributed by atoms with Crippen LogP contribution in [-0.4, -0.2) is 158 Å². The summed E-state index contributed by atoms with van der Waals surface area (Å²) in [5.41, 5.74) is 23.5. The summed E-state index contributed by atoms with van der Waals surface area (Å²) >= 11 is 0. The van der Waals surface area contributed by atoms with Crippen LogP contribution in [-0.2, 0) is 65.6 Å². The van der Waals surface area contributed by atoms with Crippen molar-refractivity contribution in [2.45, 2.75) is 148 Å². The van der Waals surface area contributed by atoms with Crippen LogP contribution < -0.4 is 65.5 Å². The summed E-state index contributed by atoms with van der Waals surface area (Å²) in [6.07, 6.45) is 2.33. The molecule has 9 atom stereocenters. The summed E-state index contributed by atoms with van der Waals surface area (Å²) in [6, 6.07) is -4.67. The molecular weight excluding hydrogens is 1080 g/mol. The fourth-order valence-corrected chi connectivity index (χ4v) is 10.5. The molecule has 450 valence electrons. The van der Waals surface area contributed by atoms with E-state index in [2.05, 4.69) is 62.5 Å². The molecule has 3 aromatic rings. The van der Waals surface area contributed by atoms with Crippen LogP contribution in [0.4, 0.5) is 0 Å². The minimum Gasteiger partial charge on any atom is -0.480 e. The van der Waals surface area contributed by atoms with Crippen LogP contribution in [0.1, 0.15) is 109 Å². The van der Waals surface area contributed by atoms with Crippen LogP contribution in [0.5, 0.6) is 0 Å². The van der Waals surface area contributed by atoms with Gasteiger partial charge < -0.3 is 75.6 Å². The molecule has 0 saturated carbocycles. The fourth-order valence-electron chi connectivity index (χ4n) is 10.5.